The van der Waals surface area contributed by atoms with Crippen molar-refractivity contribution >= 4 is 12.1 Å². The molecule has 0 aliphatic rings. The van der Waals surface area contributed by atoms with Gasteiger partial charge in [0, 0.05) is 6.54 Å². The first-order valence-electron chi connectivity index (χ1n) is 7.39. The second-order valence-electron chi connectivity index (χ2n) is 4.57. The Morgan fingerprint density at radius 1 is 1.26 bits per heavy atom. The Morgan fingerprint density at radius 3 is 2.65 bits per heavy atom. The fourth-order valence-corrected chi connectivity index (χ4v) is 1.80. The van der Waals surface area contributed by atoms with Crippen molar-refractivity contribution in [1.29, 1.82) is 5.26 Å². The Morgan fingerprint density at radius 2 is 2.00 bits per heavy atom. The second-order valence-corrected chi connectivity index (χ2v) is 4.57. The van der Waals surface area contributed by atoms with Gasteiger partial charge in [-0.1, -0.05) is 18.2 Å². The van der Waals surface area contributed by atoms with E-state index in [9.17, 15) is 9.59 Å². The van der Waals surface area contributed by atoms with Gasteiger partial charge in [-0.05, 0) is 38.3 Å². The first-order valence-corrected chi connectivity index (χ1v) is 7.39. The van der Waals surface area contributed by atoms with Crippen molar-refractivity contribution in [2.24, 2.45) is 0 Å². The molecule has 1 rings (SSSR count). The van der Waals surface area contributed by atoms with E-state index in [0.717, 1.165) is 0 Å². The van der Waals surface area contributed by atoms with Crippen LogP contribution in [0.25, 0.3) is 0 Å². The average Bonchev–Trinajstić information content (AvgIpc) is 2.54. The minimum Gasteiger partial charge on any atom is -0.463 e. The van der Waals surface area contributed by atoms with Crippen LogP contribution in [0.15, 0.2) is 30.3 Å². The smallest absolute Gasteiger partial charge is 0.412 e. The molecule has 0 aliphatic carbocycles. The molecule has 0 bridgehead atoms. The largest absolute Gasteiger partial charge is 0.463 e. The number of carbonyl (C=O) groups is 2. The highest BCUT2D eigenvalue weighted by Crippen LogP contribution is 2.09. The molecule has 0 aliphatic heterocycles. The van der Waals surface area contributed by atoms with Crippen molar-refractivity contribution in [3.8, 4) is 12.0 Å². The third-order valence-corrected chi connectivity index (χ3v) is 2.86. The summed E-state index contributed by atoms with van der Waals surface area (Å²) >= 11 is 0. The molecule has 0 fully saturated rings. The maximum absolute atomic E-state index is 11.5. The molecule has 0 saturated heterocycles. The predicted molar refractivity (Wildman–Crippen MR) is 81.4 cm³/mol. The van der Waals surface area contributed by atoms with E-state index in [1.807, 2.05) is 6.07 Å². The first-order chi connectivity index (χ1) is 11.2. The number of nitrogens with one attached hydrogen (secondary N) is 1. The molecule has 0 aromatic heterocycles. The summed E-state index contributed by atoms with van der Waals surface area (Å²) in [5.41, 5.74) is 0. The molecule has 0 heterocycles. The van der Waals surface area contributed by atoms with Crippen LogP contribution in [-0.2, 0) is 14.3 Å². The first kappa shape index (κ1) is 18.3. The zero-order valence-electron chi connectivity index (χ0n) is 13.0. The Kier molecular flexibility index (Phi) is 8.67. The molecule has 0 radical (unpaired) electrons. The van der Waals surface area contributed by atoms with E-state index in [-0.39, 0.29) is 6.61 Å². The van der Waals surface area contributed by atoms with Crippen LogP contribution in [0.1, 0.15) is 26.2 Å². The zero-order valence-corrected chi connectivity index (χ0v) is 13.0. The van der Waals surface area contributed by atoms with Gasteiger partial charge in [0.05, 0.1) is 6.61 Å². The van der Waals surface area contributed by atoms with Gasteiger partial charge in [-0.25, -0.2) is 9.59 Å². The highest BCUT2D eigenvalue weighted by Gasteiger charge is 2.20. The maximum Gasteiger partial charge on any atom is 0.412 e. The number of nitrogens with zero attached hydrogens (tertiary/aromatic N) is 1. The molecule has 0 saturated carbocycles. The Balaban J connectivity index is 2.19. The Hall–Kier alpha value is -2.75. The van der Waals surface area contributed by atoms with Crippen molar-refractivity contribution in [1.82, 2.24) is 5.32 Å². The van der Waals surface area contributed by atoms with Crippen LogP contribution in [0.5, 0.6) is 5.75 Å². The van der Waals surface area contributed by atoms with Gasteiger partial charge >= 0.3 is 12.1 Å². The average molecular weight is 320 g/mol. The summed E-state index contributed by atoms with van der Waals surface area (Å²) in [5.74, 6) is -0.0831. The number of carbonyl (C=O) groups excluding carboxylic acids is 2. The Labute approximate surface area is 135 Å². The van der Waals surface area contributed by atoms with Crippen LogP contribution in [-0.4, -0.2) is 31.3 Å². The van der Waals surface area contributed by atoms with Gasteiger partial charge in [-0.3, -0.25) is 0 Å². The topological polar surface area (TPSA) is 97.7 Å². The number of hydrogen-bond donors (Lipinski definition) is 1. The van der Waals surface area contributed by atoms with Gasteiger partial charge in [0.1, 0.15) is 5.75 Å². The number of unbranched alkanes of at least 4 members (excludes halogenated alkanes) is 1. The van der Waals surface area contributed by atoms with Crippen LogP contribution in [0.4, 0.5) is 4.79 Å². The molecule has 23 heavy (non-hydrogen) atoms. The molecule has 1 unspecified atom stereocenters. The number of rotatable bonds is 9. The summed E-state index contributed by atoms with van der Waals surface area (Å²) in [5, 5.41) is 11.1. The lowest BCUT2D eigenvalue weighted by Crippen LogP contribution is -2.28. The molecule has 1 amide bonds. The van der Waals surface area contributed by atoms with Crippen LogP contribution in [0, 0.1) is 11.5 Å². The normalized spacial score (nSPS) is 11.0. The molecular weight excluding hydrogens is 300 g/mol. The number of ether oxygens (including phenoxy) is 3. The van der Waals surface area contributed by atoms with Gasteiger partial charge in [0.25, 0.3) is 6.26 Å². The molecule has 124 valence electrons. The summed E-state index contributed by atoms with van der Waals surface area (Å²) in [6.07, 6.45) is 1.64. The number of amides is 1. The standard InChI is InChI=1S/C16H20N2O5/c1-2-21-15(19)14(22-12-17)10-6-7-11-18-16(20)23-13-8-4-3-5-9-13/h3-5,8-9,14H,2,6-7,10-11H2,1H3,(H,18,20). The fourth-order valence-electron chi connectivity index (χ4n) is 1.80. The third kappa shape index (κ3) is 7.71. The van der Waals surface area contributed by atoms with E-state index < -0.39 is 18.2 Å². The van der Waals surface area contributed by atoms with Crippen molar-refractivity contribution in [3.05, 3.63) is 30.3 Å². The van der Waals surface area contributed by atoms with E-state index in [1.54, 1.807) is 31.2 Å². The van der Waals surface area contributed by atoms with Crippen LogP contribution in [0.2, 0.25) is 0 Å². The van der Waals surface area contributed by atoms with Crippen molar-refractivity contribution in [2.75, 3.05) is 13.2 Å². The highest BCUT2D eigenvalue weighted by atomic mass is 16.6. The monoisotopic (exact) mass is 320 g/mol. The Bertz CT molecular complexity index is 527. The molecule has 0 spiro atoms. The number of hydrogen-bond acceptors (Lipinski definition) is 6. The summed E-state index contributed by atoms with van der Waals surface area (Å²) in [4.78, 5) is 23.1. The highest BCUT2D eigenvalue weighted by molar-refractivity contribution is 5.74. The van der Waals surface area contributed by atoms with E-state index in [2.05, 4.69) is 10.1 Å². The van der Waals surface area contributed by atoms with Gasteiger partial charge in [0.15, 0.2) is 0 Å². The van der Waals surface area contributed by atoms with Crippen LogP contribution >= 0.6 is 0 Å². The predicted octanol–water partition coefficient (Wildman–Crippen LogP) is 2.37. The summed E-state index contributed by atoms with van der Waals surface area (Å²) in [7, 11) is 0. The van der Waals surface area contributed by atoms with Gasteiger partial charge in [0.2, 0.25) is 6.10 Å². The minimum absolute atomic E-state index is 0.233. The van der Waals surface area contributed by atoms with E-state index in [1.165, 1.54) is 6.26 Å². The lowest BCUT2D eigenvalue weighted by atomic mass is 10.1. The van der Waals surface area contributed by atoms with Gasteiger partial charge in [-0.2, -0.15) is 5.26 Å². The molecule has 1 atom stereocenters. The summed E-state index contributed by atoms with van der Waals surface area (Å²) < 4.78 is 14.6. The summed E-state index contributed by atoms with van der Waals surface area (Å²) in [6, 6.07) is 8.74. The third-order valence-electron chi connectivity index (χ3n) is 2.86. The van der Waals surface area contributed by atoms with Crippen molar-refractivity contribution in [3.63, 3.8) is 0 Å². The van der Waals surface area contributed by atoms with Gasteiger partial charge in [-0.15, -0.1) is 0 Å². The number of esters is 1. The molecule has 7 nitrogen and oxygen atoms in total. The van der Waals surface area contributed by atoms with Crippen molar-refractivity contribution in [2.45, 2.75) is 32.3 Å². The lowest BCUT2D eigenvalue weighted by molar-refractivity contribution is -0.153. The quantitative estimate of drug-likeness (QED) is 0.426. The number of nitriles is 1. The van der Waals surface area contributed by atoms with Crippen LogP contribution < -0.4 is 10.1 Å². The number of benzene rings is 1. The molecular formula is C16H20N2O5. The van der Waals surface area contributed by atoms with E-state index >= 15 is 0 Å². The second kappa shape index (κ2) is 10.9. The van der Waals surface area contributed by atoms with Gasteiger partial charge < -0.3 is 19.5 Å². The van der Waals surface area contributed by atoms with E-state index in [4.69, 9.17) is 14.7 Å². The molecule has 1 N–H and O–H groups in total. The lowest BCUT2D eigenvalue weighted by Gasteiger charge is -2.12. The molecule has 1 aromatic carbocycles. The zero-order chi connectivity index (χ0) is 16.9. The molecule has 1 aromatic rings. The van der Waals surface area contributed by atoms with E-state index in [0.29, 0.717) is 31.6 Å². The number of para-hydroxylation sites is 1. The SMILES string of the molecule is CCOC(=O)C(CCCCNC(=O)Oc1ccccc1)OC#N. The maximum atomic E-state index is 11.5. The van der Waals surface area contributed by atoms with Crippen LogP contribution in [0.3, 0.4) is 0 Å². The fraction of sp³-hybridized carbons (Fsp3) is 0.438. The van der Waals surface area contributed by atoms with Crippen molar-refractivity contribution < 1.29 is 23.8 Å². The summed E-state index contributed by atoms with van der Waals surface area (Å²) in [6.45, 7) is 2.31. The minimum atomic E-state index is -0.892. The molecule has 7 heteroatoms.